The van der Waals surface area contributed by atoms with E-state index in [1.54, 1.807) is 19.2 Å². The molecule has 0 aliphatic carbocycles. The molecule has 0 atom stereocenters. The summed E-state index contributed by atoms with van der Waals surface area (Å²) in [5.74, 6) is -0.621. The van der Waals surface area contributed by atoms with E-state index in [2.05, 4.69) is 14.4 Å². The second kappa shape index (κ2) is 5.33. The summed E-state index contributed by atoms with van der Waals surface area (Å²) in [5, 5.41) is -0.125. The lowest BCUT2D eigenvalue weighted by molar-refractivity contribution is 0.0602. The number of aryl methyl sites for hydroxylation is 1. The number of esters is 1. The molecule has 0 unspecified atom stereocenters. The van der Waals surface area contributed by atoms with Crippen LogP contribution in [-0.2, 0) is 21.8 Å². The van der Waals surface area contributed by atoms with Crippen LogP contribution in [0.5, 0.6) is 0 Å². The number of aromatic nitrogens is 2. The van der Waals surface area contributed by atoms with Crippen LogP contribution in [-0.4, -0.2) is 31.0 Å². The van der Waals surface area contributed by atoms with Crippen molar-refractivity contribution in [3.8, 4) is 0 Å². The summed E-state index contributed by atoms with van der Waals surface area (Å²) in [6.07, 6.45) is 2.74. The minimum absolute atomic E-state index is 0.125. The van der Waals surface area contributed by atoms with Crippen molar-refractivity contribution in [1.29, 1.82) is 0 Å². The molecule has 8 heteroatoms. The molecule has 0 saturated heterocycles. The van der Waals surface area contributed by atoms with Crippen LogP contribution in [0.2, 0.25) is 0 Å². The number of nitrogens with one attached hydrogen (secondary N) is 1. The van der Waals surface area contributed by atoms with Crippen molar-refractivity contribution in [2.75, 3.05) is 11.8 Å². The molecule has 2 rings (SSSR count). The molecule has 0 saturated carbocycles. The van der Waals surface area contributed by atoms with Gasteiger partial charge in [0.2, 0.25) is 0 Å². The van der Waals surface area contributed by atoms with Gasteiger partial charge in [0.1, 0.15) is 0 Å². The predicted octanol–water partition coefficient (Wildman–Crippen LogP) is 1.01. The van der Waals surface area contributed by atoms with Crippen LogP contribution in [0, 0.1) is 0 Å². The summed E-state index contributed by atoms with van der Waals surface area (Å²) >= 11 is 0. The Balaban J connectivity index is 2.37. The number of rotatable bonds is 4. The first-order chi connectivity index (χ1) is 9.44. The number of anilines is 1. The molecule has 20 heavy (non-hydrogen) atoms. The molecule has 1 aromatic carbocycles. The van der Waals surface area contributed by atoms with E-state index in [0.29, 0.717) is 0 Å². The highest BCUT2D eigenvalue weighted by Crippen LogP contribution is 2.19. The lowest BCUT2D eigenvalue weighted by Crippen LogP contribution is -2.16. The largest absolute Gasteiger partial charge is 0.465 e. The van der Waals surface area contributed by atoms with Crippen LogP contribution in [0.3, 0.4) is 0 Å². The summed E-state index contributed by atoms with van der Waals surface area (Å²) in [6, 6.07) is 6.18. The van der Waals surface area contributed by atoms with Crippen LogP contribution in [0.15, 0.2) is 41.8 Å². The number of imidazole rings is 1. The summed E-state index contributed by atoms with van der Waals surface area (Å²) in [6.45, 7) is 0. The number of ether oxygens (including phenoxy) is 1. The number of hydrogen-bond acceptors (Lipinski definition) is 5. The summed E-state index contributed by atoms with van der Waals surface area (Å²) in [5.41, 5.74) is 0.277. The topological polar surface area (TPSA) is 90.3 Å². The van der Waals surface area contributed by atoms with Crippen molar-refractivity contribution in [3.63, 3.8) is 0 Å². The smallest absolute Gasteiger partial charge is 0.339 e. The van der Waals surface area contributed by atoms with Crippen molar-refractivity contribution >= 4 is 21.7 Å². The predicted molar refractivity (Wildman–Crippen MR) is 71.8 cm³/mol. The van der Waals surface area contributed by atoms with E-state index < -0.39 is 16.0 Å². The van der Waals surface area contributed by atoms with Crippen LogP contribution < -0.4 is 4.72 Å². The highest BCUT2D eigenvalue weighted by molar-refractivity contribution is 7.92. The third-order valence-electron chi connectivity index (χ3n) is 2.53. The van der Waals surface area contributed by atoms with E-state index in [-0.39, 0.29) is 16.3 Å². The average Bonchev–Trinajstić information content (AvgIpc) is 2.86. The van der Waals surface area contributed by atoms with Crippen molar-refractivity contribution in [3.05, 3.63) is 42.4 Å². The van der Waals surface area contributed by atoms with Gasteiger partial charge in [0.25, 0.3) is 10.0 Å². The van der Waals surface area contributed by atoms with Gasteiger partial charge in [-0.1, -0.05) is 12.1 Å². The molecule has 0 spiro atoms. The van der Waals surface area contributed by atoms with Crippen LogP contribution >= 0.6 is 0 Å². The van der Waals surface area contributed by atoms with Gasteiger partial charge in [-0.2, -0.15) is 8.42 Å². The van der Waals surface area contributed by atoms with Crippen molar-refractivity contribution < 1.29 is 17.9 Å². The molecule has 0 amide bonds. The number of hydrogen-bond donors (Lipinski definition) is 1. The first-order valence-electron chi connectivity index (χ1n) is 5.62. The SMILES string of the molecule is COC(=O)c1ccccc1NS(=O)(=O)c1cn(C)cn1. The molecule has 0 radical (unpaired) electrons. The third-order valence-corrected chi connectivity index (χ3v) is 3.78. The molecule has 0 bridgehead atoms. The molecule has 106 valence electrons. The Labute approximate surface area is 116 Å². The van der Waals surface area contributed by atoms with E-state index in [4.69, 9.17) is 0 Å². The van der Waals surface area contributed by atoms with E-state index in [9.17, 15) is 13.2 Å². The molecule has 0 aliphatic heterocycles. The zero-order valence-corrected chi connectivity index (χ0v) is 11.7. The average molecular weight is 295 g/mol. The van der Waals surface area contributed by atoms with E-state index in [1.165, 1.54) is 36.3 Å². The fourth-order valence-corrected chi connectivity index (χ4v) is 2.65. The van der Waals surface area contributed by atoms with Gasteiger partial charge in [-0.3, -0.25) is 4.72 Å². The van der Waals surface area contributed by atoms with Gasteiger partial charge in [-0.25, -0.2) is 9.78 Å². The van der Waals surface area contributed by atoms with Crippen molar-refractivity contribution in [2.45, 2.75) is 5.03 Å². The number of benzene rings is 1. The maximum Gasteiger partial charge on any atom is 0.339 e. The zero-order valence-electron chi connectivity index (χ0n) is 10.9. The summed E-state index contributed by atoms with van der Waals surface area (Å²) < 4.78 is 32.7. The van der Waals surface area contributed by atoms with Crippen molar-refractivity contribution in [1.82, 2.24) is 9.55 Å². The normalized spacial score (nSPS) is 11.1. The standard InChI is InChI=1S/C12H13N3O4S/c1-15-7-11(13-8-15)20(17,18)14-10-6-4-3-5-9(10)12(16)19-2/h3-8,14H,1-2H3. The molecular weight excluding hydrogens is 282 g/mol. The lowest BCUT2D eigenvalue weighted by atomic mass is 10.2. The number of carbonyl (C=O) groups is 1. The van der Waals surface area contributed by atoms with Gasteiger partial charge in [0, 0.05) is 13.2 Å². The Morgan fingerprint density at radius 2 is 2.05 bits per heavy atom. The lowest BCUT2D eigenvalue weighted by Gasteiger charge is -2.09. The fourth-order valence-electron chi connectivity index (χ4n) is 1.58. The highest BCUT2D eigenvalue weighted by atomic mass is 32.2. The second-order valence-corrected chi connectivity index (χ2v) is 5.65. The zero-order chi connectivity index (χ0) is 14.8. The monoisotopic (exact) mass is 295 g/mol. The Hall–Kier alpha value is -2.35. The van der Waals surface area contributed by atoms with Crippen molar-refractivity contribution in [2.24, 2.45) is 7.05 Å². The fraction of sp³-hybridized carbons (Fsp3) is 0.167. The van der Waals surface area contributed by atoms with Gasteiger partial charge >= 0.3 is 5.97 Å². The third kappa shape index (κ3) is 2.80. The summed E-state index contributed by atoms with van der Waals surface area (Å²) in [7, 11) is -0.957. The number of methoxy groups -OCH3 is 1. The number of carbonyl (C=O) groups excluding carboxylic acids is 1. The van der Waals surface area contributed by atoms with E-state index in [1.807, 2.05) is 0 Å². The second-order valence-electron chi connectivity index (χ2n) is 4.02. The summed E-state index contributed by atoms with van der Waals surface area (Å²) in [4.78, 5) is 15.4. The molecule has 2 aromatic rings. The van der Waals surface area contributed by atoms with Crippen LogP contribution in [0.1, 0.15) is 10.4 Å². The van der Waals surface area contributed by atoms with Gasteiger partial charge in [0.05, 0.1) is 24.7 Å². The minimum Gasteiger partial charge on any atom is -0.465 e. The maximum atomic E-state index is 12.1. The molecule has 0 aliphatic rings. The quantitative estimate of drug-likeness (QED) is 0.850. The van der Waals surface area contributed by atoms with Crippen LogP contribution in [0.25, 0.3) is 0 Å². The van der Waals surface area contributed by atoms with E-state index in [0.717, 1.165) is 0 Å². The molecule has 0 fully saturated rings. The highest BCUT2D eigenvalue weighted by Gasteiger charge is 2.20. The Morgan fingerprint density at radius 3 is 2.65 bits per heavy atom. The first kappa shape index (κ1) is 14.1. The number of sulfonamides is 1. The molecule has 1 heterocycles. The Kier molecular flexibility index (Phi) is 3.75. The molecular formula is C12H13N3O4S. The van der Waals surface area contributed by atoms with Crippen LogP contribution in [0.4, 0.5) is 5.69 Å². The first-order valence-corrected chi connectivity index (χ1v) is 7.10. The minimum atomic E-state index is -3.85. The van der Waals surface area contributed by atoms with E-state index >= 15 is 0 Å². The molecule has 7 nitrogen and oxygen atoms in total. The Morgan fingerprint density at radius 1 is 1.35 bits per heavy atom. The maximum absolute atomic E-state index is 12.1. The molecule has 1 N–H and O–H groups in total. The van der Waals surface area contributed by atoms with Gasteiger partial charge in [-0.05, 0) is 12.1 Å². The van der Waals surface area contributed by atoms with Gasteiger partial charge in [0.15, 0.2) is 5.03 Å². The Bertz CT molecular complexity index is 737. The number of nitrogens with zero attached hydrogens (tertiary/aromatic N) is 2. The number of para-hydroxylation sites is 1. The van der Waals surface area contributed by atoms with Gasteiger partial charge in [-0.15, -0.1) is 0 Å². The molecule has 1 aromatic heterocycles. The van der Waals surface area contributed by atoms with Gasteiger partial charge < -0.3 is 9.30 Å².